The lowest BCUT2D eigenvalue weighted by Gasteiger charge is -2.48. The Balaban J connectivity index is 2.84. The van der Waals surface area contributed by atoms with Crippen LogP contribution in [-0.2, 0) is 80.1 Å². The van der Waals surface area contributed by atoms with Gasteiger partial charge in [0.2, 0.25) is 11.8 Å². The van der Waals surface area contributed by atoms with Gasteiger partial charge in [-0.25, -0.2) is 13.7 Å². The van der Waals surface area contributed by atoms with Gasteiger partial charge in [-0.05, 0) is 51.4 Å². The molecule has 2 amide bonds. The summed E-state index contributed by atoms with van der Waals surface area (Å²) in [7, 11) is -11.4. The zero-order valence-electron chi connectivity index (χ0n) is 78.3. The summed E-state index contributed by atoms with van der Waals surface area (Å²) in [5.74, 6) is -9.38. The second kappa shape index (κ2) is 74.2. The second-order valence-electron chi connectivity index (χ2n) is 35.8. The van der Waals surface area contributed by atoms with Crippen LogP contribution in [0.2, 0.25) is 0 Å². The van der Waals surface area contributed by atoms with Crippen molar-refractivity contribution < 1.29 is 130 Å². The van der Waals surface area contributed by atoms with E-state index < -0.39 is 182 Å². The fourth-order valence-electron chi connectivity index (χ4n) is 16.7. The highest BCUT2D eigenvalue weighted by Gasteiger charge is 2.61. The lowest BCUT2D eigenvalue weighted by molar-refractivity contribution is -0.404. The number of hydrogen-bond acceptors (Lipinski definition) is 23. The van der Waals surface area contributed by atoms with E-state index in [1.54, 1.807) is 0 Å². The Labute approximate surface area is 752 Å². The maximum Gasteiger partial charge on any atom is 0.474 e. The third kappa shape index (κ3) is 59.7. The van der Waals surface area contributed by atoms with Gasteiger partial charge in [-0.3, -0.25) is 33.3 Å². The van der Waals surface area contributed by atoms with Crippen LogP contribution in [0.15, 0.2) is 0 Å². The summed E-state index contributed by atoms with van der Waals surface area (Å²) in [4.78, 5) is 127. The monoisotopic (exact) mass is 1830 g/mol. The third-order valence-electron chi connectivity index (χ3n) is 24.1. The summed E-state index contributed by atoms with van der Waals surface area (Å²) in [6.07, 6.45) is 29.9. The average molecular weight is 1830 g/mol. The molecule has 0 radical (unpaired) electrons. The number of phosphoric acid groups is 2. The molecule has 2 rings (SSSR count). The van der Waals surface area contributed by atoms with E-state index in [1.165, 1.54) is 44.9 Å². The number of ether oxygens (including phenoxy) is 7. The first-order valence-corrected chi connectivity index (χ1v) is 53.0. The molecule has 0 aromatic rings. The van der Waals surface area contributed by atoms with Crippen LogP contribution in [0.4, 0.5) is 0 Å². The van der Waals surface area contributed by atoms with E-state index in [4.69, 9.17) is 42.2 Å². The number of phosphoric ester groups is 2. The number of nitrogens with one attached hydrogen (secondary N) is 2. The number of hydrogen-bond donors (Lipinski definition) is 12. The van der Waals surface area contributed by atoms with Crippen LogP contribution < -0.4 is 10.6 Å². The van der Waals surface area contributed by atoms with E-state index in [2.05, 4.69) is 52.2 Å². The Morgan fingerprint density at radius 1 is 0.392 bits per heavy atom. The number of amides is 2. The van der Waals surface area contributed by atoms with Crippen LogP contribution in [0.25, 0.3) is 0 Å². The topological polar surface area (TPSA) is 446 Å². The van der Waals surface area contributed by atoms with Crippen molar-refractivity contribution in [2.24, 2.45) is 0 Å². The summed E-state index contributed by atoms with van der Waals surface area (Å²) >= 11 is 0. The molecule has 2 saturated heterocycles. The normalized spacial score (nSPS) is 21.1. The first-order chi connectivity index (χ1) is 60.1. The van der Waals surface area contributed by atoms with Gasteiger partial charge in [0.25, 0.3) is 0 Å². The molecule has 0 spiro atoms. The first kappa shape index (κ1) is 118. The molecule has 125 heavy (non-hydrogen) atoms. The Hall–Kier alpha value is -3.32. The van der Waals surface area contributed by atoms with E-state index in [0.29, 0.717) is 51.4 Å². The standard InChI is InChI=1S/C94H178N2O27P2/c1-7-13-19-25-31-37-38-43-49-55-61-67-84(103)117-76(64-58-52-46-41-34-28-22-16-10-4)70-86(105)119-90-87(95-81(100)69-75(63-57-51-45-40-33-27-21-15-9-3)116-83(102)66-60-54-48-42-35-29-23-17-11-5)93(118-79(72-97)88(90)106)115-73-80-89(107)91(120-85(104)68-74(98)62-56-50-44-39-32-26-20-14-8-2)92(94(108,121-80)123-125(112,113)114)96-82(101)71-77(99)78(122-124(109,110)111)65-59-53-47-36-30-24-18-12-6/h74-80,87-93,97-99,106-108H,7-73H2,1-6H3,(H,95,100)(H,96,101)(H2,109,110,111)(H2,112,113,114)/t74-,75-,76-,77-,78?,79-,80-,87-,88-,89-,90-,91+,92-,93-,94-/m1/s1. The van der Waals surface area contributed by atoms with Gasteiger partial charge in [0.1, 0.15) is 42.7 Å². The summed E-state index contributed by atoms with van der Waals surface area (Å²) in [6.45, 7) is 10.8. The highest BCUT2D eigenvalue weighted by Crippen LogP contribution is 2.46. The number of carbonyl (C=O) groups excluding carboxylic acids is 6. The molecule has 0 bridgehead atoms. The van der Waals surface area contributed by atoms with Gasteiger partial charge < -0.3 is 94.0 Å². The smallest absolute Gasteiger partial charge is 0.462 e. The highest BCUT2D eigenvalue weighted by molar-refractivity contribution is 7.46. The predicted octanol–water partition coefficient (Wildman–Crippen LogP) is 18.9. The number of rotatable bonds is 84. The predicted molar refractivity (Wildman–Crippen MR) is 483 cm³/mol. The van der Waals surface area contributed by atoms with Crippen LogP contribution in [0, 0.1) is 0 Å². The van der Waals surface area contributed by atoms with Gasteiger partial charge in [0.05, 0.1) is 57.2 Å². The molecule has 0 aromatic heterocycles. The second-order valence-corrected chi connectivity index (χ2v) is 38.2. The summed E-state index contributed by atoms with van der Waals surface area (Å²) in [6, 6.07) is -4.41. The molecule has 736 valence electrons. The third-order valence-corrected chi connectivity index (χ3v) is 25.1. The molecule has 2 aliphatic rings. The molecule has 2 fully saturated rings. The van der Waals surface area contributed by atoms with Crippen molar-refractivity contribution in [2.45, 2.75) is 550 Å². The van der Waals surface area contributed by atoms with E-state index in [1.807, 2.05) is 0 Å². The largest absolute Gasteiger partial charge is 0.474 e. The lowest BCUT2D eigenvalue weighted by Crippen LogP contribution is -2.72. The van der Waals surface area contributed by atoms with Crippen molar-refractivity contribution in [3.8, 4) is 0 Å². The summed E-state index contributed by atoms with van der Waals surface area (Å²) < 4.78 is 77.9. The summed E-state index contributed by atoms with van der Waals surface area (Å²) in [5.41, 5.74) is 0. The average Bonchev–Trinajstić information content (AvgIpc) is 0.753. The van der Waals surface area contributed by atoms with Crippen LogP contribution in [-0.4, -0.2) is 191 Å². The van der Waals surface area contributed by atoms with E-state index in [-0.39, 0.29) is 38.5 Å². The number of aliphatic hydroxyl groups excluding tert-OH is 5. The minimum absolute atomic E-state index is 0.0951. The number of aliphatic hydroxyl groups is 6. The van der Waals surface area contributed by atoms with Crippen LogP contribution in [0.1, 0.15) is 459 Å². The first-order valence-electron chi connectivity index (χ1n) is 49.9. The Morgan fingerprint density at radius 3 is 1.11 bits per heavy atom. The Kier molecular flexibility index (Phi) is 69.8. The van der Waals surface area contributed by atoms with Crippen LogP contribution in [0.3, 0.4) is 0 Å². The maximum atomic E-state index is 15.0. The zero-order valence-corrected chi connectivity index (χ0v) is 80.1. The van der Waals surface area contributed by atoms with Gasteiger partial charge in [-0.1, -0.05) is 369 Å². The Bertz CT molecular complexity index is 2810. The van der Waals surface area contributed by atoms with E-state index in [9.17, 15) is 83.3 Å². The number of carbonyl (C=O) groups is 6. The Morgan fingerprint density at radius 2 is 0.728 bits per heavy atom. The van der Waals surface area contributed by atoms with Crippen molar-refractivity contribution >= 4 is 51.3 Å². The molecule has 0 saturated carbocycles. The van der Waals surface area contributed by atoms with Gasteiger partial charge in [-0.15, -0.1) is 0 Å². The quantitative estimate of drug-likeness (QED) is 0.00884. The van der Waals surface area contributed by atoms with E-state index in [0.717, 1.165) is 257 Å². The van der Waals surface area contributed by atoms with Gasteiger partial charge >= 0.3 is 45.5 Å². The van der Waals surface area contributed by atoms with Gasteiger partial charge in [-0.2, -0.15) is 0 Å². The van der Waals surface area contributed by atoms with E-state index >= 15 is 4.79 Å². The molecule has 15 atom stereocenters. The van der Waals surface area contributed by atoms with Crippen LogP contribution >= 0.6 is 15.6 Å². The number of esters is 4. The molecule has 31 heteroatoms. The van der Waals surface area contributed by atoms with Crippen molar-refractivity contribution in [3.63, 3.8) is 0 Å². The molecule has 29 nitrogen and oxygen atoms in total. The van der Waals surface area contributed by atoms with Crippen molar-refractivity contribution in [1.82, 2.24) is 10.6 Å². The molecule has 2 aliphatic heterocycles. The zero-order chi connectivity index (χ0) is 92.2. The molecular formula is C94H178N2O27P2. The molecular weight excluding hydrogens is 1650 g/mol. The van der Waals surface area contributed by atoms with Gasteiger partial charge in [0.15, 0.2) is 24.5 Å². The minimum Gasteiger partial charge on any atom is -0.462 e. The van der Waals surface area contributed by atoms with Crippen molar-refractivity contribution in [3.05, 3.63) is 0 Å². The molecule has 2 heterocycles. The fourth-order valence-corrected chi connectivity index (χ4v) is 17.8. The molecule has 0 aromatic carbocycles. The number of unbranched alkanes of at least 4 members (excludes halogenated alkanes) is 49. The van der Waals surface area contributed by atoms with Crippen molar-refractivity contribution in [1.29, 1.82) is 0 Å². The summed E-state index contributed by atoms with van der Waals surface area (Å²) in [5, 5.41) is 76.2. The highest BCUT2D eigenvalue weighted by atomic mass is 31.2. The van der Waals surface area contributed by atoms with Crippen molar-refractivity contribution in [2.75, 3.05) is 13.2 Å². The lowest BCUT2D eigenvalue weighted by atomic mass is 9.94. The maximum absolute atomic E-state index is 15.0. The molecule has 1 unspecified atom stereocenters. The SMILES string of the molecule is CCCCCCCCCCCCCC(=O)O[C@H](CCCCCCCCCCC)CC(=O)O[C@H]1[C@H](O)[C@@H](CO)O[C@@H](OC[C@H]2O[C@@](O)(OP(=O)(O)O)[C@H](NC(=O)C[C@@H](O)C(CCCCCCCCCC)OP(=O)(O)O)[C@@H](OC(=O)C[C@H](O)CCCCCCCCCCC)[C@@H]2O)[C@@H]1NC(=O)C[C@@H](CCCCCCCCCCC)OC(=O)CCCCCCCCCCC. The molecule has 12 N–H and O–H groups in total. The van der Waals surface area contributed by atoms with Gasteiger partial charge in [0, 0.05) is 12.8 Å². The van der Waals surface area contributed by atoms with Crippen LogP contribution in [0.5, 0.6) is 0 Å². The molecule has 0 aliphatic carbocycles. The fraction of sp³-hybridized carbons (Fsp3) is 0.936. The minimum atomic E-state index is -6.07.